The molecule has 1 aliphatic carbocycles. The fourth-order valence-corrected chi connectivity index (χ4v) is 5.49. The molecule has 2 N–H and O–H groups in total. The van der Waals surface area contributed by atoms with Gasteiger partial charge in [0.05, 0.1) is 17.7 Å². The lowest BCUT2D eigenvalue weighted by molar-refractivity contribution is -0.136. The van der Waals surface area contributed by atoms with E-state index in [2.05, 4.69) is 10.6 Å². The summed E-state index contributed by atoms with van der Waals surface area (Å²) in [5, 5.41) is 14.2. The number of hydrogen-bond acceptors (Lipinski definition) is 6. The number of piperidine rings is 1. The third-order valence-electron chi connectivity index (χ3n) is 7.71. The molecule has 3 fully saturated rings. The lowest BCUT2D eigenvalue weighted by Gasteiger charge is -2.29. The Morgan fingerprint density at radius 2 is 1.79 bits per heavy atom. The van der Waals surface area contributed by atoms with E-state index in [9.17, 15) is 18.8 Å². The number of nitrogens with one attached hydrogen (secondary N) is 2. The molecule has 2 saturated heterocycles. The topological polar surface area (TPSA) is 112 Å². The molecule has 8 nitrogen and oxygen atoms in total. The fourth-order valence-electron chi connectivity index (χ4n) is 5.49. The van der Waals surface area contributed by atoms with Crippen LogP contribution in [0.4, 0.5) is 4.39 Å². The first-order chi connectivity index (χ1) is 18.4. The number of nitriles is 1. The molecule has 0 bridgehead atoms. The SMILES string of the molecule is N#Cc1cc(F)ccc1C1CNC1.O=C1CCC(N2Cc3cc(OC4CCCCC4)ccc3C2=O)C(=O)N1. The summed E-state index contributed by atoms with van der Waals surface area (Å²) in [6.07, 6.45) is 6.77. The van der Waals surface area contributed by atoms with Crippen molar-refractivity contribution in [3.63, 3.8) is 0 Å². The lowest BCUT2D eigenvalue weighted by Crippen LogP contribution is -2.52. The number of nitrogens with zero attached hydrogens (tertiary/aromatic N) is 2. The van der Waals surface area contributed by atoms with E-state index in [-0.39, 0.29) is 36.1 Å². The predicted octanol–water partition coefficient (Wildman–Crippen LogP) is 3.54. The van der Waals surface area contributed by atoms with Crippen LogP contribution in [0.15, 0.2) is 36.4 Å². The number of hydrogen-bond donors (Lipinski definition) is 2. The molecule has 6 rings (SSSR count). The quantitative estimate of drug-likeness (QED) is 0.599. The molecule has 0 radical (unpaired) electrons. The molecule has 1 atom stereocenters. The van der Waals surface area contributed by atoms with Gasteiger partial charge in [0.15, 0.2) is 0 Å². The molecule has 9 heteroatoms. The van der Waals surface area contributed by atoms with E-state index in [0.29, 0.717) is 30.0 Å². The molecular weight excluding hydrogens is 487 g/mol. The van der Waals surface area contributed by atoms with Gasteiger partial charge in [0, 0.05) is 37.5 Å². The average molecular weight is 519 g/mol. The second-order valence-electron chi connectivity index (χ2n) is 10.3. The molecular formula is C29H31FN4O4. The highest BCUT2D eigenvalue weighted by molar-refractivity contribution is 6.05. The maximum atomic E-state index is 12.8. The zero-order chi connectivity index (χ0) is 26.6. The molecule has 3 heterocycles. The summed E-state index contributed by atoms with van der Waals surface area (Å²) in [5.74, 6) is 0.0461. The number of carbonyl (C=O) groups is 3. The Labute approximate surface area is 221 Å². The summed E-state index contributed by atoms with van der Waals surface area (Å²) in [7, 11) is 0. The smallest absolute Gasteiger partial charge is 0.255 e. The Morgan fingerprint density at radius 1 is 1.00 bits per heavy atom. The molecule has 3 aliphatic heterocycles. The summed E-state index contributed by atoms with van der Waals surface area (Å²) >= 11 is 0. The Morgan fingerprint density at radius 3 is 2.47 bits per heavy atom. The van der Waals surface area contributed by atoms with Gasteiger partial charge < -0.3 is 15.0 Å². The van der Waals surface area contributed by atoms with Crippen LogP contribution in [0.2, 0.25) is 0 Å². The molecule has 2 aromatic carbocycles. The van der Waals surface area contributed by atoms with Crippen molar-refractivity contribution in [1.29, 1.82) is 5.26 Å². The maximum absolute atomic E-state index is 12.8. The molecule has 4 aliphatic rings. The summed E-state index contributed by atoms with van der Waals surface area (Å²) in [4.78, 5) is 37.6. The highest BCUT2D eigenvalue weighted by atomic mass is 19.1. The molecule has 0 spiro atoms. The van der Waals surface area contributed by atoms with E-state index < -0.39 is 6.04 Å². The van der Waals surface area contributed by atoms with Crippen LogP contribution < -0.4 is 15.4 Å². The van der Waals surface area contributed by atoms with Crippen LogP contribution in [0, 0.1) is 17.1 Å². The zero-order valence-electron chi connectivity index (χ0n) is 21.2. The van der Waals surface area contributed by atoms with E-state index in [1.54, 1.807) is 17.0 Å². The van der Waals surface area contributed by atoms with Crippen molar-refractivity contribution in [2.24, 2.45) is 0 Å². The van der Waals surface area contributed by atoms with E-state index in [0.717, 1.165) is 42.8 Å². The van der Waals surface area contributed by atoms with Crippen LogP contribution in [0.3, 0.4) is 0 Å². The minimum atomic E-state index is -0.569. The van der Waals surface area contributed by atoms with Crippen molar-refractivity contribution < 1.29 is 23.5 Å². The van der Waals surface area contributed by atoms with Gasteiger partial charge in [0.25, 0.3) is 5.91 Å². The molecule has 0 aromatic heterocycles. The largest absolute Gasteiger partial charge is 0.490 e. The third-order valence-corrected chi connectivity index (χ3v) is 7.71. The van der Waals surface area contributed by atoms with Crippen LogP contribution in [0.25, 0.3) is 0 Å². The molecule has 1 unspecified atom stereocenters. The van der Waals surface area contributed by atoms with Crippen molar-refractivity contribution in [3.8, 4) is 11.8 Å². The normalized spacial score (nSPS) is 21.5. The average Bonchev–Trinajstić information content (AvgIpc) is 3.20. The van der Waals surface area contributed by atoms with E-state index in [4.69, 9.17) is 10.00 Å². The minimum absolute atomic E-state index is 0.145. The summed E-state index contributed by atoms with van der Waals surface area (Å²) in [5.41, 5.74) is 2.94. The van der Waals surface area contributed by atoms with Crippen molar-refractivity contribution in [1.82, 2.24) is 15.5 Å². The predicted molar refractivity (Wildman–Crippen MR) is 137 cm³/mol. The summed E-state index contributed by atoms with van der Waals surface area (Å²) in [6, 6.07) is 11.4. The second kappa shape index (κ2) is 11.3. The summed E-state index contributed by atoms with van der Waals surface area (Å²) < 4.78 is 18.8. The number of rotatable bonds is 4. The second-order valence-corrected chi connectivity index (χ2v) is 10.3. The number of halogens is 1. The van der Waals surface area contributed by atoms with Gasteiger partial charge in [-0.1, -0.05) is 12.5 Å². The van der Waals surface area contributed by atoms with Gasteiger partial charge in [-0.2, -0.15) is 5.26 Å². The highest BCUT2D eigenvalue weighted by Gasteiger charge is 2.39. The van der Waals surface area contributed by atoms with Crippen molar-refractivity contribution in [2.75, 3.05) is 13.1 Å². The van der Waals surface area contributed by atoms with E-state index >= 15 is 0 Å². The number of amides is 3. The van der Waals surface area contributed by atoms with Crippen LogP contribution in [0.5, 0.6) is 5.75 Å². The molecule has 38 heavy (non-hydrogen) atoms. The minimum Gasteiger partial charge on any atom is -0.490 e. The molecule has 198 valence electrons. The van der Waals surface area contributed by atoms with Crippen LogP contribution in [-0.4, -0.2) is 47.9 Å². The Kier molecular flexibility index (Phi) is 7.70. The first kappa shape index (κ1) is 25.9. The number of imide groups is 1. The number of fused-ring (bicyclic) bond motifs is 1. The first-order valence-electron chi connectivity index (χ1n) is 13.3. The standard InChI is InChI=1S/C19H22N2O4.C10H9FN2/c22-17-9-8-16(18(23)20-17)21-11-12-10-14(6-7-15(12)19(21)24)25-13-4-2-1-3-5-13;11-9-1-2-10(7(3-9)4-12)8-5-13-6-8/h6-7,10,13,16H,1-5,8-9,11H2,(H,20,22,23);1-3,8,13H,5-6H2. The third kappa shape index (κ3) is 5.55. The lowest BCUT2D eigenvalue weighted by atomic mass is 9.90. The van der Waals surface area contributed by atoms with Crippen molar-refractivity contribution >= 4 is 17.7 Å². The van der Waals surface area contributed by atoms with E-state index in [1.807, 2.05) is 18.2 Å². The maximum Gasteiger partial charge on any atom is 0.255 e. The van der Waals surface area contributed by atoms with Gasteiger partial charge >= 0.3 is 0 Å². The van der Waals surface area contributed by atoms with E-state index in [1.165, 1.54) is 31.4 Å². The zero-order valence-corrected chi connectivity index (χ0v) is 21.2. The first-order valence-corrected chi connectivity index (χ1v) is 13.3. The van der Waals surface area contributed by atoms with Crippen LogP contribution in [-0.2, 0) is 16.1 Å². The Balaban J connectivity index is 0.000000190. The van der Waals surface area contributed by atoms with Gasteiger partial charge in [0.1, 0.15) is 17.6 Å². The van der Waals surface area contributed by atoms with Crippen LogP contribution in [0.1, 0.15) is 77.9 Å². The number of carbonyl (C=O) groups excluding carboxylic acids is 3. The monoisotopic (exact) mass is 518 g/mol. The van der Waals surface area contributed by atoms with Gasteiger partial charge in [-0.25, -0.2) is 4.39 Å². The number of ether oxygens (including phenoxy) is 1. The highest BCUT2D eigenvalue weighted by Crippen LogP contribution is 2.31. The van der Waals surface area contributed by atoms with Crippen molar-refractivity contribution in [2.45, 2.75) is 69.6 Å². The Bertz CT molecular complexity index is 1280. The number of benzene rings is 2. The molecule has 3 amide bonds. The Hall–Kier alpha value is -3.77. The van der Waals surface area contributed by atoms with Gasteiger partial charge in [-0.3, -0.25) is 19.7 Å². The fraction of sp³-hybridized carbons (Fsp3) is 0.448. The van der Waals surface area contributed by atoms with Crippen LogP contribution >= 0.6 is 0 Å². The van der Waals surface area contributed by atoms with Gasteiger partial charge in [-0.15, -0.1) is 0 Å². The molecule has 1 saturated carbocycles. The summed E-state index contributed by atoms with van der Waals surface area (Å²) in [6.45, 7) is 2.17. The molecule has 2 aromatic rings. The van der Waals surface area contributed by atoms with Gasteiger partial charge in [0.2, 0.25) is 11.8 Å². The van der Waals surface area contributed by atoms with Crippen molar-refractivity contribution in [3.05, 3.63) is 64.5 Å². The van der Waals surface area contributed by atoms with Gasteiger partial charge in [-0.05, 0) is 73.6 Å².